The maximum absolute atomic E-state index is 3.46. The molecule has 2 aliphatic rings. The van der Waals surface area contributed by atoms with Crippen LogP contribution in [0, 0.1) is 0 Å². The highest BCUT2D eigenvalue weighted by molar-refractivity contribution is 5.31. The number of nitrogens with one attached hydrogen (secondary N) is 1. The Labute approximate surface area is 67.5 Å². The van der Waals surface area contributed by atoms with E-state index in [1.54, 1.807) is 0 Å². The van der Waals surface area contributed by atoms with E-state index in [0.717, 1.165) is 12.8 Å². The van der Waals surface area contributed by atoms with Crippen LogP contribution in [0.3, 0.4) is 0 Å². The summed E-state index contributed by atoms with van der Waals surface area (Å²) in [7, 11) is 0. The van der Waals surface area contributed by atoms with Gasteiger partial charge in [-0.25, -0.2) is 0 Å². The first kappa shape index (κ1) is 6.71. The monoisotopic (exact) mass is 147 g/mol. The molecule has 1 aliphatic heterocycles. The number of allylic oxidation sites excluding steroid dienone is 4. The molecule has 1 N–H and O–H groups in total. The number of rotatable bonds is 0. The SMILES string of the molecule is CC1=CC=C2CC=CCC2N1. The lowest BCUT2D eigenvalue weighted by Crippen LogP contribution is -2.32. The van der Waals surface area contributed by atoms with Gasteiger partial charge in [0.1, 0.15) is 0 Å². The van der Waals surface area contributed by atoms with Crippen LogP contribution in [-0.4, -0.2) is 6.04 Å². The van der Waals surface area contributed by atoms with Gasteiger partial charge in [0.05, 0.1) is 6.04 Å². The molecule has 58 valence electrons. The van der Waals surface area contributed by atoms with Crippen molar-refractivity contribution >= 4 is 0 Å². The number of dihydropyridines is 1. The lowest BCUT2D eigenvalue weighted by Gasteiger charge is -2.27. The predicted molar refractivity (Wildman–Crippen MR) is 47.1 cm³/mol. The fraction of sp³-hybridized carbons (Fsp3) is 0.400. The second kappa shape index (κ2) is 2.57. The van der Waals surface area contributed by atoms with Crippen molar-refractivity contribution in [3.05, 3.63) is 35.6 Å². The Balaban J connectivity index is 2.24. The van der Waals surface area contributed by atoms with Gasteiger partial charge in [-0.05, 0) is 31.4 Å². The Hall–Kier alpha value is -0.980. The Morgan fingerprint density at radius 3 is 3.18 bits per heavy atom. The minimum Gasteiger partial charge on any atom is -0.382 e. The molecular formula is C10H13N. The van der Waals surface area contributed by atoms with Gasteiger partial charge >= 0.3 is 0 Å². The van der Waals surface area contributed by atoms with Crippen LogP contribution in [0.1, 0.15) is 19.8 Å². The highest BCUT2D eigenvalue weighted by Gasteiger charge is 2.16. The third kappa shape index (κ3) is 1.23. The molecule has 1 unspecified atom stereocenters. The first-order valence-corrected chi connectivity index (χ1v) is 4.15. The molecule has 0 radical (unpaired) electrons. The zero-order valence-corrected chi connectivity index (χ0v) is 6.80. The topological polar surface area (TPSA) is 12.0 Å². The van der Waals surface area contributed by atoms with Crippen LogP contribution in [0.15, 0.2) is 35.6 Å². The Bertz CT molecular complexity index is 246. The van der Waals surface area contributed by atoms with Crippen LogP contribution in [0.2, 0.25) is 0 Å². The molecule has 1 nitrogen and oxygen atoms in total. The van der Waals surface area contributed by atoms with E-state index in [1.165, 1.54) is 11.3 Å². The van der Waals surface area contributed by atoms with Crippen LogP contribution in [0.25, 0.3) is 0 Å². The van der Waals surface area contributed by atoms with Crippen molar-refractivity contribution in [3.8, 4) is 0 Å². The van der Waals surface area contributed by atoms with Crippen LogP contribution >= 0.6 is 0 Å². The molecule has 0 aromatic carbocycles. The van der Waals surface area contributed by atoms with Gasteiger partial charge in [0.15, 0.2) is 0 Å². The van der Waals surface area contributed by atoms with Gasteiger partial charge in [0, 0.05) is 5.70 Å². The van der Waals surface area contributed by atoms with Crippen molar-refractivity contribution in [1.82, 2.24) is 5.32 Å². The maximum Gasteiger partial charge on any atom is 0.0511 e. The van der Waals surface area contributed by atoms with Gasteiger partial charge in [-0.1, -0.05) is 18.2 Å². The molecule has 1 aliphatic carbocycles. The van der Waals surface area contributed by atoms with E-state index < -0.39 is 0 Å². The molecular weight excluding hydrogens is 134 g/mol. The highest BCUT2D eigenvalue weighted by Crippen LogP contribution is 2.21. The van der Waals surface area contributed by atoms with E-state index in [-0.39, 0.29) is 0 Å². The van der Waals surface area contributed by atoms with Crippen LogP contribution in [0.5, 0.6) is 0 Å². The summed E-state index contributed by atoms with van der Waals surface area (Å²) in [6.07, 6.45) is 11.2. The van der Waals surface area contributed by atoms with Crippen molar-refractivity contribution in [2.75, 3.05) is 0 Å². The van der Waals surface area contributed by atoms with Crippen molar-refractivity contribution < 1.29 is 0 Å². The lowest BCUT2D eigenvalue weighted by atomic mass is 9.93. The molecule has 2 rings (SSSR count). The van der Waals surface area contributed by atoms with Crippen molar-refractivity contribution in [1.29, 1.82) is 0 Å². The van der Waals surface area contributed by atoms with E-state index >= 15 is 0 Å². The molecule has 0 amide bonds. The van der Waals surface area contributed by atoms with Gasteiger partial charge in [0.25, 0.3) is 0 Å². The Morgan fingerprint density at radius 1 is 1.36 bits per heavy atom. The number of hydrogen-bond donors (Lipinski definition) is 1. The molecule has 0 aromatic rings. The average Bonchev–Trinajstić information content (AvgIpc) is 2.04. The third-order valence-electron chi connectivity index (χ3n) is 2.29. The summed E-state index contributed by atoms with van der Waals surface area (Å²) in [4.78, 5) is 0. The third-order valence-corrected chi connectivity index (χ3v) is 2.29. The second-order valence-corrected chi connectivity index (χ2v) is 3.20. The minimum absolute atomic E-state index is 0.588. The van der Waals surface area contributed by atoms with Crippen molar-refractivity contribution in [2.24, 2.45) is 0 Å². The minimum atomic E-state index is 0.588. The zero-order valence-electron chi connectivity index (χ0n) is 6.80. The first-order chi connectivity index (χ1) is 5.36. The molecule has 0 saturated heterocycles. The molecule has 1 heteroatoms. The molecule has 0 saturated carbocycles. The van der Waals surface area contributed by atoms with Crippen LogP contribution < -0.4 is 5.32 Å². The van der Waals surface area contributed by atoms with E-state index in [0.29, 0.717) is 6.04 Å². The summed E-state index contributed by atoms with van der Waals surface area (Å²) >= 11 is 0. The fourth-order valence-electron chi connectivity index (χ4n) is 1.64. The maximum atomic E-state index is 3.46. The predicted octanol–water partition coefficient (Wildman–Crippen LogP) is 2.14. The summed E-state index contributed by atoms with van der Waals surface area (Å²) in [5.41, 5.74) is 2.81. The Kier molecular flexibility index (Phi) is 1.57. The average molecular weight is 147 g/mol. The van der Waals surface area contributed by atoms with Gasteiger partial charge in [0.2, 0.25) is 0 Å². The summed E-state index contributed by atoms with van der Waals surface area (Å²) in [5.74, 6) is 0. The fourth-order valence-corrected chi connectivity index (χ4v) is 1.64. The first-order valence-electron chi connectivity index (χ1n) is 4.15. The smallest absolute Gasteiger partial charge is 0.0511 e. The largest absolute Gasteiger partial charge is 0.382 e. The summed E-state index contributed by atoms with van der Waals surface area (Å²) in [5, 5.41) is 3.46. The number of hydrogen-bond acceptors (Lipinski definition) is 1. The molecule has 11 heavy (non-hydrogen) atoms. The standard InChI is InChI=1S/C10H13N/c1-8-6-7-9-4-2-3-5-10(9)11-8/h2-3,6-7,10-11H,4-5H2,1H3. The molecule has 1 heterocycles. The van der Waals surface area contributed by atoms with Gasteiger partial charge in [-0.3, -0.25) is 0 Å². The van der Waals surface area contributed by atoms with E-state index in [9.17, 15) is 0 Å². The van der Waals surface area contributed by atoms with E-state index in [1.807, 2.05) is 0 Å². The number of fused-ring (bicyclic) bond motifs is 1. The molecule has 1 atom stereocenters. The Morgan fingerprint density at radius 2 is 2.27 bits per heavy atom. The van der Waals surface area contributed by atoms with Crippen LogP contribution in [0.4, 0.5) is 0 Å². The van der Waals surface area contributed by atoms with Gasteiger partial charge in [-0.2, -0.15) is 0 Å². The molecule has 0 bridgehead atoms. The summed E-state index contributed by atoms with van der Waals surface area (Å²) < 4.78 is 0. The zero-order chi connectivity index (χ0) is 7.68. The van der Waals surface area contributed by atoms with Gasteiger partial charge in [-0.15, -0.1) is 0 Å². The van der Waals surface area contributed by atoms with Crippen molar-refractivity contribution in [3.63, 3.8) is 0 Å². The summed E-state index contributed by atoms with van der Waals surface area (Å²) in [6, 6.07) is 0.588. The summed E-state index contributed by atoms with van der Waals surface area (Å²) in [6.45, 7) is 2.12. The molecule has 0 spiro atoms. The highest BCUT2D eigenvalue weighted by atomic mass is 14.9. The van der Waals surface area contributed by atoms with Crippen LogP contribution in [-0.2, 0) is 0 Å². The van der Waals surface area contributed by atoms with E-state index in [4.69, 9.17) is 0 Å². The normalized spacial score (nSPS) is 28.3. The molecule has 0 fully saturated rings. The lowest BCUT2D eigenvalue weighted by molar-refractivity contribution is 0.612. The second-order valence-electron chi connectivity index (χ2n) is 3.20. The van der Waals surface area contributed by atoms with Crippen molar-refractivity contribution in [2.45, 2.75) is 25.8 Å². The molecule has 0 aromatic heterocycles. The van der Waals surface area contributed by atoms with Gasteiger partial charge < -0.3 is 5.32 Å². The quantitative estimate of drug-likeness (QED) is 0.518. The van der Waals surface area contributed by atoms with E-state index in [2.05, 4.69) is 36.5 Å².